The molecule has 24 heavy (non-hydrogen) atoms. The van der Waals surface area contributed by atoms with Crippen molar-refractivity contribution in [1.29, 1.82) is 0 Å². The Hall–Kier alpha value is -0.650. The van der Waals surface area contributed by atoms with E-state index in [0.717, 1.165) is 32.5 Å². The summed E-state index contributed by atoms with van der Waals surface area (Å²) in [5, 5.41) is 6.64. The summed E-state index contributed by atoms with van der Waals surface area (Å²) in [4.78, 5) is 15.6. The minimum absolute atomic E-state index is 0.105. The summed E-state index contributed by atoms with van der Waals surface area (Å²) in [7, 11) is 1.69. The van der Waals surface area contributed by atoms with Crippen LogP contribution in [0.15, 0.2) is 0 Å². The van der Waals surface area contributed by atoms with Crippen molar-refractivity contribution in [2.75, 3.05) is 39.8 Å². The Bertz CT molecular complexity index is 409. The molecule has 2 heterocycles. The summed E-state index contributed by atoms with van der Waals surface area (Å²) in [5.41, 5.74) is -0.431. The fraction of sp³-hybridized carbons (Fsp3) is 0.947. The first-order valence-electron chi connectivity index (χ1n) is 10.0. The van der Waals surface area contributed by atoms with Crippen molar-refractivity contribution in [2.45, 2.75) is 75.3 Å². The van der Waals surface area contributed by atoms with Crippen molar-refractivity contribution < 1.29 is 9.53 Å². The number of piperidine rings is 2. The largest absolute Gasteiger partial charge is 0.368 e. The smallest absolute Gasteiger partial charge is 0.252 e. The number of methoxy groups -OCH3 is 1. The topological polar surface area (TPSA) is 53.6 Å². The number of carbonyl (C=O) groups is 1. The molecule has 1 amide bonds. The van der Waals surface area contributed by atoms with Crippen LogP contribution in [0.5, 0.6) is 0 Å². The van der Waals surface area contributed by atoms with Gasteiger partial charge in [-0.3, -0.25) is 9.69 Å². The quantitative estimate of drug-likeness (QED) is 0.806. The molecule has 1 saturated carbocycles. The lowest BCUT2D eigenvalue weighted by Gasteiger charge is -2.49. The molecular weight excluding hydrogens is 302 g/mol. The standard InChI is InChI=1S/C19H35N3O2/c1-24-19(10-12-20-13-11-19)17(23)21-16-18(8-4-2-5-9-18)22-14-6-3-7-15-22/h20H,2-16H2,1H3,(H,21,23). The first-order valence-corrected chi connectivity index (χ1v) is 10.0. The van der Waals surface area contributed by atoms with E-state index in [1.807, 2.05) is 0 Å². The van der Waals surface area contributed by atoms with Gasteiger partial charge in [-0.2, -0.15) is 0 Å². The molecule has 5 heteroatoms. The average molecular weight is 338 g/mol. The predicted molar refractivity (Wildman–Crippen MR) is 96.1 cm³/mol. The second kappa shape index (κ2) is 8.15. The molecule has 0 unspecified atom stereocenters. The van der Waals surface area contributed by atoms with Crippen LogP contribution in [0.1, 0.15) is 64.2 Å². The van der Waals surface area contributed by atoms with Crippen LogP contribution in [0.2, 0.25) is 0 Å². The van der Waals surface area contributed by atoms with Gasteiger partial charge < -0.3 is 15.4 Å². The molecule has 138 valence electrons. The Morgan fingerprint density at radius 3 is 2.25 bits per heavy atom. The molecular formula is C19H35N3O2. The maximum absolute atomic E-state index is 12.9. The lowest BCUT2D eigenvalue weighted by atomic mass is 9.79. The zero-order chi connectivity index (χ0) is 16.9. The number of rotatable bonds is 5. The van der Waals surface area contributed by atoms with Crippen LogP contribution in [0, 0.1) is 0 Å². The molecule has 3 fully saturated rings. The Morgan fingerprint density at radius 1 is 1.00 bits per heavy atom. The molecule has 0 aromatic carbocycles. The third-order valence-corrected chi connectivity index (χ3v) is 6.60. The SMILES string of the molecule is COC1(C(=O)NCC2(N3CCCCC3)CCCCC2)CCNCC1. The number of hydrogen-bond donors (Lipinski definition) is 2. The van der Waals surface area contributed by atoms with Gasteiger partial charge in [-0.1, -0.05) is 25.7 Å². The third-order valence-electron chi connectivity index (χ3n) is 6.60. The van der Waals surface area contributed by atoms with Crippen molar-refractivity contribution >= 4 is 5.91 Å². The molecule has 2 N–H and O–H groups in total. The normalized spacial score (nSPS) is 27.5. The van der Waals surface area contributed by atoms with Gasteiger partial charge >= 0.3 is 0 Å². The molecule has 0 radical (unpaired) electrons. The molecule has 0 bridgehead atoms. The highest BCUT2D eigenvalue weighted by Gasteiger charge is 2.43. The van der Waals surface area contributed by atoms with Crippen LogP contribution in [0.25, 0.3) is 0 Å². The third kappa shape index (κ3) is 3.78. The molecule has 3 rings (SSSR count). The van der Waals surface area contributed by atoms with E-state index in [1.165, 1.54) is 64.5 Å². The van der Waals surface area contributed by atoms with Gasteiger partial charge in [0.25, 0.3) is 5.91 Å². The first-order chi connectivity index (χ1) is 11.7. The monoisotopic (exact) mass is 337 g/mol. The maximum Gasteiger partial charge on any atom is 0.252 e. The van der Waals surface area contributed by atoms with Crippen molar-refractivity contribution in [1.82, 2.24) is 15.5 Å². The number of carbonyl (C=O) groups excluding carboxylic acids is 1. The van der Waals surface area contributed by atoms with E-state index < -0.39 is 5.60 Å². The van der Waals surface area contributed by atoms with Gasteiger partial charge in [-0.25, -0.2) is 0 Å². The zero-order valence-electron chi connectivity index (χ0n) is 15.4. The molecule has 0 atom stereocenters. The number of ether oxygens (including phenoxy) is 1. The Labute approximate surface area is 146 Å². The summed E-state index contributed by atoms with van der Waals surface area (Å²) in [6.07, 6.45) is 11.9. The summed E-state index contributed by atoms with van der Waals surface area (Å²) in [6.45, 7) is 4.92. The average Bonchev–Trinajstić information content (AvgIpc) is 2.68. The lowest BCUT2D eigenvalue weighted by molar-refractivity contribution is -0.147. The molecule has 1 aliphatic carbocycles. The Kier molecular flexibility index (Phi) is 6.17. The highest BCUT2D eigenvalue weighted by Crippen LogP contribution is 2.35. The van der Waals surface area contributed by atoms with Gasteiger partial charge in [0.2, 0.25) is 0 Å². The number of nitrogens with zero attached hydrogens (tertiary/aromatic N) is 1. The maximum atomic E-state index is 12.9. The Balaban J connectivity index is 1.65. The Morgan fingerprint density at radius 2 is 1.62 bits per heavy atom. The van der Waals surface area contributed by atoms with Crippen LogP contribution >= 0.6 is 0 Å². The summed E-state index contributed by atoms with van der Waals surface area (Å²) in [5.74, 6) is 0.105. The number of nitrogens with one attached hydrogen (secondary N) is 2. The number of likely N-dealkylation sites (tertiary alicyclic amines) is 1. The molecule has 2 aliphatic heterocycles. The van der Waals surface area contributed by atoms with Crippen LogP contribution in [-0.4, -0.2) is 61.8 Å². The minimum atomic E-state index is -0.622. The highest BCUT2D eigenvalue weighted by molar-refractivity contribution is 5.85. The van der Waals surface area contributed by atoms with Gasteiger partial charge in [0, 0.05) is 19.2 Å². The molecule has 0 aromatic heterocycles. The molecule has 2 saturated heterocycles. The highest BCUT2D eigenvalue weighted by atomic mass is 16.5. The van der Waals surface area contributed by atoms with Gasteiger partial charge in [0.15, 0.2) is 0 Å². The lowest BCUT2D eigenvalue weighted by Crippen LogP contribution is -2.61. The second-order valence-corrected chi connectivity index (χ2v) is 7.96. The van der Waals surface area contributed by atoms with Crippen molar-refractivity contribution in [3.8, 4) is 0 Å². The van der Waals surface area contributed by atoms with Crippen LogP contribution in [0.4, 0.5) is 0 Å². The van der Waals surface area contributed by atoms with Gasteiger partial charge in [-0.15, -0.1) is 0 Å². The van der Waals surface area contributed by atoms with E-state index in [2.05, 4.69) is 15.5 Å². The molecule has 0 spiro atoms. The second-order valence-electron chi connectivity index (χ2n) is 7.96. The van der Waals surface area contributed by atoms with E-state index in [4.69, 9.17) is 4.74 Å². The number of amides is 1. The van der Waals surface area contributed by atoms with Gasteiger partial charge in [0.05, 0.1) is 0 Å². The molecule has 0 aromatic rings. The van der Waals surface area contributed by atoms with Gasteiger partial charge in [-0.05, 0) is 64.7 Å². The molecule has 3 aliphatic rings. The van der Waals surface area contributed by atoms with Crippen LogP contribution in [-0.2, 0) is 9.53 Å². The predicted octanol–water partition coefficient (Wildman–Crippen LogP) is 2.06. The first kappa shape index (κ1) is 18.2. The van der Waals surface area contributed by atoms with Crippen molar-refractivity contribution in [3.05, 3.63) is 0 Å². The zero-order valence-corrected chi connectivity index (χ0v) is 15.4. The van der Waals surface area contributed by atoms with Gasteiger partial charge in [0.1, 0.15) is 5.60 Å². The van der Waals surface area contributed by atoms with E-state index in [-0.39, 0.29) is 11.4 Å². The van der Waals surface area contributed by atoms with Crippen LogP contribution in [0.3, 0.4) is 0 Å². The van der Waals surface area contributed by atoms with E-state index in [0.29, 0.717) is 0 Å². The summed E-state index contributed by atoms with van der Waals surface area (Å²) in [6, 6.07) is 0. The van der Waals surface area contributed by atoms with E-state index in [9.17, 15) is 4.79 Å². The van der Waals surface area contributed by atoms with E-state index in [1.54, 1.807) is 7.11 Å². The van der Waals surface area contributed by atoms with Crippen molar-refractivity contribution in [3.63, 3.8) is 0 Å². The van der Waals surface area contributed by atoms with Crippen LogP contribution < -0.4 is 10.6 Å². The van der Waals surface area contributed by atoms with Crippen molar-refractivity contribution in [2.24, 2.45) is 0 Å². The fourth-order valence-corrected chi connectivity index (χ4v) is 4.94. The van der Waals surface area contributed by atoms with E-state index >= 15 is 0 Å². The minimum Gasteiger partial charge on any atom is -0.368 e. The summed E-state index contributed by atoms with van der Waals surface area (Å²) < 4.78 is 5.69. The number of hydrogen-bond acceptors (Lipinski definition) is 4. The summed E-state index contributed by atoms with van der Waals surface area (Å²) >= 11 is 0. The fourth-order valence-electron chi connectivity index (χ4n) is 4.94. The molecule has 5 nitrogen and oxygen atoms in total.